The second-order valence-corrected chi connectivity index (χ2v) is 4.26. The molecule has 14 heavy (non-hydrogen) atoms. The van der Waals surface area contributed by atoms with E-state index in [1.807, 2.05) is 31.2 Å². The molecule has 0 saturated heterocycles. The van der Waals surface area contributed by atoms with Gasteiger partial charge in [0, 0.05) is 0 Å². The van der Waals surface area contributed by atoms with Gasteiger partial charge in [0.25, 0.3) is 0 Å². The fourth-order valence-electron chi connectivity index (χ4n) is 1.33. The van der Waals surface area contributed by atoms with Gasteiger partial charge in [-0.25, -0.2) is 4.98 Å². The monoisotopic (exact) mass is 250 g/mol. The zero-order valence-electron chi connectivity index (χ0n) is 7.92. The fourth-order valence-corrected chi connectivity index (χ4v) is 1.54. The largest absolute Gasteiger partial charge is 0.341 e. The Morgan fingerprint density at radius 3 is 2.86 bits per heavy atom. The molecular formula is C11H11BrN2. The minimum Gasteiger partial charge on any atom is -0.341 e. The van der Waals surface area contributed by atoms with Gasteiger partial charge >= 0.3 is 0 Å². The third kappa shape index (κ3) is 1.60. The summed E-state index contributed by atoms with van der Waals surface area (Å²) in [5, 5.41) is 0. The van der Waals surface area contributed by atoms with Crippen LogP contribution in [-0.2, 0) is 0 Å². The highest BCUT2D eigenvalue weighted by atomic mass is 79.9. The smallest absolute Gasteiger partial charge is 0.125 e. The zero-order valence-corrected chi connectivity index (χ0v) is 9.51. The average molecular weight is 251 g/mol. The summed E-state index contributed by atoms with van der Waals surface area (Å²) in [6.45, 7) is 5.87. The van der Waals surface area contributed by atoms with Crippen LogP contribution in [0.1, 0.15) is 17.6 Å². The van der Waals surface area contributed by atoms with Crippen LogP contribution in [-0.4, -0.2) is 9.97 Å². The molecule has 0 radical (unpaired) electrons. The number of nitrogens with one attached hydrogen (secondary N) is 1. The number of hydrogen-bond donors (Lipinski definition) is 1. The number of aromatic nitrogens is 2. The second-order valence-electron chi connectivity index (χ2n) is 3.35. The number of imidazole rings is 1. The van der Waals surface area contributed by atoms with E-state index in [0.29, 0.717) is 0 Å². The quantitative estimate of drug-likeness (QED) is 0.641. The predicted molar refractivity (Wildman–Crippen MR) is 62.6 cm³/mol. The topological polar surface area (TPSA) is 28.7 Å². The Hall–Kier alpha value is -1.09. The predicted octanol–water partition coefficient (Wildman–Crippen LogP) is 3.58. The van der Waals surface area contributed by atoms with Crippen LogP contribution in [0.15, 0.2) is 36.4 Å². The van der Waals surface area contributed by atoms with E-state index in [2.05, 4.69) is 32.5 Å². The molecule has 0 spiro atoms. The van der Waals surface area contributed by atoms with Crippen molar-refractivity contribution in [3.05, 3.63) is 42.2 Å². The highest BCUT2D eigenvalue weighted by molar-refractivity contribution is 9.09. The lowest BCUT2D eigenvalue weighted by Gasteiger charge is -2.03. The molecule has 0 bridgehead atoms. The Bertz CT molecular complexity index is 440. The van der Waals surface area contributed by atoms with Gasteiger partial charge in [-0.15, -0.1) is 0 Å². The van der Waals surface area contributed by atoms with E-state index in [0.717, 1.165) is 22.4 Å². The average Bonchev–Trinajstić information content (AvgIpc) is 2.59. The lowest BCUT2D eigenvalue weighted by molar-refractivity contribution is 1.01. The lowest BCUT2D eigenvalue weighted by Crippen LogP contribution is -1.92. The van der Waals surface area contributed by atoms with Gasteiger partial charge in [-0.1, -0.05) is 40.2 Å². The number of halogens is 1. The Morgan fingerprint density at radius 1 is 1.50 bits per heavy atom. The molecule has 0 aliphatic rings. The normalized spacial score (nSPS) is 13.0. The molecular weight excluding hydrogens is 240 g/mol. The van der Waals surface area contributed by atoms with Gasteiger partial charge < -0.3 is 4.98 Å². The SMILES string of the molecule is C=C(C)C(Br)c1nc2ccccc2[nH]1. The molecule has 0 aliphatic carbocycles. The minimum absolute atomic E-state index is 0.106. The Morgan fingerprint density at radius 2 is 2.21 bits per heavy atom. The van der Waals surface area contributed by atoms with E-state index >= 15 is 0 Å². The molecule has 1 aromatic carbocycles. The molecule has 1 atom stereocenters. The number of aromatic amines is 1. The molecule has 2 rings (SSSR count). The van der Waals surface area contributed by atoms with E-state index in [1.165, 1.54) is 0 Å². The highest BCUT2D eigenvalue weighted by Crippen LogP contribution is 2.28. The van der Waals surface area contributed by atoms with Crippen molar-refractivity contribution in [2.24, 2.45) is 0 Å². The van der Waals surface area contributed by atoms with Gasteiger partial charge in [0.1, 0.15) is 5.82 Å². The lowest BCUT2D eigenvalue weighted by atomic mass is 10.2. The third-order valence-corrected chi connectivity index (χ3v) is 3.30. The van der Waals surface area contributed by atoms with E-state index in [4.69, 9.17) is 0 Å². The summed E-state index contributed by atoms with van der Waals surface area (Å²) in [6.07, 6.45) is 0. The molecule has 0 aliphatic heterocycles. The molecule has 72 valence electrons. The van der Waals surface area contributed by atoms with Crippen molar-refractivity contribution in [3.63, 3.8) is 0 Å². The van der Waals surface area contributed by atoms with Gasteiger partial charge in [-0.3, -0.25) is 0 Å². The molecule has 1 heterocycles. The number of rotatable bonds is 2. The van der Waals surface area contributed by atoms with Crippen LogP contribution < -0.4 is 0 Å². The standard InChI is InChI=1S/C11H11BrN2/c1-7(2)10(12)11-13-8-5-3-4-6-9(8)14-11/h3-6,10H,1H2,2H3,(H,13,14). The van der Waals surface area contributed by atoms with Crippen molar-refractivity contribution in [3.8, 4) is 0 Å². The molecule has 1 unspecified atom stereocenters. The fraction of sp³-hybridized carbons (Fsp3) is 0.182. The summed E-state index contributed by atoms with van der Waals surface area (Å²) in [5.74, 6) is 0.915. The maximum Gasteiger partial charge on any atom is 0.125 e. The van der Waals surface area contributed by atoms with Crippen LogP contribution in [0.25, 0.3) is 11.0 Å². The Balaban J connectivity index is 2.50. The number of hydrogen-bond acceptors (Lipinski definition) is 1. The van der Waals surface area contributed by atoms with Crippen LogP contribution in [0.4, 0.5) is 0 Å². The van der Waals surface area contributed by atoms with Crippen LogP contribution in [0, 0.1) is 0 Å². The Kier molecular flexibility index (Phi) is 2.42. The van der Waals surface area contributed by atoms with Crippen LogP contribution >= 0.6 is 15.9 Å². The molecule has 2 aromatic rings. The van der Waals surface area contributed by atoms with Crippen molar-refractivity contribution in [1.82, 2.24) is 9.97 Å². The van der Waals surface area contributed by atoms with Crippen molar-refractivity contribution in [1.29, 1.82) is 0 Å². The van der Waals surface area contributed by atoms with Gasteiger partial charge in [0.15, 0.2) is 0 Å². The number of fused-ring (bicyclic) bond motifs is 1. The molecule has 0 fully saturated rings. The number of nitrogens with zero attached hydrogens (tertiary/aromatic N) is 1. The van der Waals surface area contributed by atoms with Gasteiger partial charge in [0.2, 0.25) is 0 Å². The molecule has 1 aromatic heterocycles. The first-order valence-corrected chi connectivity index (χ1v) is 5.34. The van der Waals surface area contributed by atoms with Gasteiger partial charge in [-0.05, 0) is 19.1 Å². The number of benzene rings is 1. The maximum absolute atomic E-state index is 4.47. The first-order valence-electron chi connectivity index (χ1n) is 4.42. The van der Waals surface area contributed by atoms with Crippen molar-refractivity contribution < 1.29 is 0 Å². The summed E-state index contributed by atoms with van der Waals surface area (Å²) in [6, 6.07) is 7.99. The first-order chi connectivity index (χ1) is 6.68. The van der Waals surface area contributed by atoms with E-state index in [9.17, 15) is 0 Å². The molecule has 0 saturated carbocycles. The van der Waals surface area contributed by atoms with Crippen molar-refractivity contribution in [2.75, 3.05) is 0 Å². The number of H-pyrrole nitrogens is 1. The Labute approximate surface area is 91.2 Å². The number of alkyl halides is 1. The van der Waals surface area contributed by atoms with E-state index in [-0.39, 0.29) is 4.83 Å². The summed E-state index contributed by atoms with van der Waals surface area (Å²) in [7, 11) is 0. The van der Waals surface area contributed by atoms with Crippen molar-refractivity contribution >= 4 is 27.0 Å². The number of para-hydroxylation sites is 2. The molecule has 0 amide bonds. The zero-order chi connectivity index (χ0) is 10.1. The van der Waals surface area contributed by atoms with E-state index in [1.54, 1.807) is 0 Å². The number of allylic oxidation sites excluding steroid dienone is 1. The maximum atomic E-state index is 4.47. The highest BCUT2D eigenvalue weighted by Gasteiger charge is 2.12. The van der Waals surface area contributed by atoms with Crippen molar-refractivity contribution in [2.45, 2.75) is 11.8 Å². The van der Waals surface area contributed by atoms with E-state index < -0.39 is 0 Å². The van der Waals surface area contributed by atoms with Crippen LogP contribution in [0.3, 0.4) is 0 Å². The molecule has 2 nitrogen and oxygen atoms in total. The second kappa shape index (κ2) is 3.58. The van der Waals surface area contributed by atoms with Gasteiger partial charge in [-0.2, -0.15) is 0 Å². The summed E-state index contributed by atoms with van der Waals surface area (Å²) >= 11 is 3.54. The summed E-state index contributed by atoms with van der Waals surface area (Å²) < 4.78 is 0. The summed E-state index contributed by atoms with van der Waals surface area (Å²) in [4.78, 5) is 7.83. The van der Waals surface area contributed by atoms with Crippen LogP contribution in [0.5, 0.6) is 0 Å². The van der Waals surface area contributed by atoms with Gasteiger partial charge in [0.05, 0.1) is 15.9 Å². The minimum atomic E-state index is 0.106. The molecule has 3 heteroatoms. The third-order valence-electron chi connectivity index (χ3n) is 2.08. The van der Waals surface area contributed by atoms with Crippen LogP contribution in [0.2, 0.25) is 0 Å². The summed E-state index contributed by atoms with van der Waals surface area (Å²) in [5.41, 5.74) is 3.10. The first kappa shape index (κ1) is 9.46. The molecule has 1 N–H and O–H groups in total.